The van der Waals surface area contributed by atoms with Crippen LogP contribution in [0.15, 0.2) is 60.1 Å². The van der Waals surface area contributed by atoms with E-state index in [1.165, 1.54) is 25.0 Å². The number of amides is 2. The molecule has 14 N–H and O–H groups in total. The molecule has 4 atom stereocenters. The largest absolute Gasteiger partial charge is 0.468 e. The molecule has 0 aromatic carbocycles. The molecule has 0 saturated carbocycles. The van der Waals surface area contributed by atoms with Crippen LogP contribution in [0.3, 0.4) is 0 Å². The summed E-state index contributed by atoms with van der Waals surface area (Å²) < 4.78 is 5.22. The summed E-state index contributed by atoms with van der Waals surface area (Å²) in [5, 5.41) is 5.26. The minimum atomic E-state index is -0.660. The molecule has 1 aliphatic heterocycles. The van der Waals surface area contributed by atoms with Gasteiger partial charge in [0.25, 0.3) is 0 Å². The average Bonchev–Trinajstić information content (AvgIpc) is 4.06. The van der Waals surface area contributed by atoms with Crippen molar-refractivity contribution in [1.82, 2.24) is 60.5 Å². The number of furan rings is 1. The molecular weight excluding hydrogens is 1200 g/mol. The van der Waals surface area contributed by atoms with Crippen LogP contribution >= 0.6 is 58.8 Å². The van der Waals surface area contributed by atoms with Crippen LogP contribution in [0.1, 0.15) is 117 Å². The number of piperidine rings is 1. The molecular formula is C56H80N18O7S5. The monoisotopic (exact) mass is 1280 g/mol. The summed E-state index contributed by atoms with van der Waals surface area (Å²) in [6.07, 6.45) is 14.0. The van der Waals surface area contributed by atoms with E-state index in [1.807, 2.05) is 26.0 Å². The van der Waals surface area contributed by atoms with Crippen LogP contribution in [0.25, 0.3) is 0 Å². The van der Waals surface area contributed by atoms with E-state index in [2.05, 4.69) is 60.5 Å². The van der Waals surface area contributed by atoms with Crippen LogP contribution in [0.2, 0.25) is 0 Å². The summed E-state index contributed by atoms with van der Waals surface area (Å²) in [6, 6.07) is 2.80. The highest BCUT2D eigenvalue weighted by Gasteiger charge is 2.26. The number of hydrogen-bond acceptors (Lipinski definition) is 28. The van der Waals surface area contributed by atoms with Gasteiger partial charge in [-0.25, -0.2) is 49.8 Å². The van der Waals surface area contributed by atoms with Crippen molar-refractivity contribution in [3.05, 3.63) is 113 Å². The van der Waals surface area contributed by atoms with Gasteiger partial charge in [0.15, 0.2) is 5.78 Å². The Balaban J connectivity index is 0.000000282. The van der Waals surface area contributed by atoms with Gasteiger partial charge in [-0.2, -0.15) is 23.5 Å². The number of nitrogens with one attached hydrogen (secondary N) is 2. The van der Waals surface area contributed by atoms with Crippen LogP contribution in [0.5, 0.6) is 0 Å². The van der Waals surface area contributed by atoms with Gasteiger partial charge in [-0.15, -0.1) is 35.3 Å². The molecule has 7 rings (SSSR count). The number of nitrogens with zero attached hydrogens (tertiary/aromatic N) is 10. The Kier molecular flexibility index (Phi) is 33.8. The van der Waals surface area contributed by atoms with E-state index in [-0.39, 0.29) is 58.0 Å². The number of nitrogen functional groups attached to an aromatic ring is 5. The average molecular weight is 1280 g/mol. The van der Waals surface area contributed by atoms with Gasteiger partial charge in [-0.3, -0.25) is 28.8 Å². The van der Waals surface area contributed by atoms with Crippen LogP contribution < -0.4 is 45.0 Å². The highest BCUT2D eigenvalue weighted by Crippen LogP contribution is 2.25. The van der Waals surface area contributed by atoms with Crippen molar-refractivity contribution in [2.24, 2.45) is 5.73 Å². The first kappa shape index (κ1) is 73.3. The number of ketones is 4. The maximum atomic E-state index is 11.6. The van der Waals surface area contributed by atoms with E-state index < -0.39 is 6.04 Å². The lowest BCUT2D eigenvalue weighted by atomic mass is 10.0. The summed E-state index contributed by atoms with van der Waals surface area (Å²) in [5.41, 5.74) is 39.0. The zero-order valence-corrected chi connectivity index (χ0v) is 54.1. The maximum Gasteiger partial charge on any atom is 0.238 e. The van der Waals surface area contributed by atoms with Gasteiger partial charge >= 0.3 is 0 Å². The maximum absolute atomic E-state index is 11.6. The van der Waals surface area contributed by atoms with E-state index in [9.17, 15) is 28.8 Å². The minimum absolute atomic E-state index is 0.00987. The van der Waals surface area contributed by atoms with Crippen molar-refractivity contribution in [2.75, 3.05) is 46.7 Å². The van der Waals surface area contributed by atoms with Crippen molar-refractivity contribution in [1.29, 1.82) is 0 Å². The molecule has 6 aromatic rings. The van der Waals surface area contributed by atoms with Crippen LogP contribution in [0, 0.1) is 27.7 Å². The molecule has 466 valence electrons. The Morgan fingerprint density at radius 2 is 1.07 bits per heavy atom. The Morgan fingerprint density at radius 1 is 0.616 bits per heavy atom. The van der Waals surface area contributed by atoms with Gasteiger partial charge < -0.3 is 49.5 Å². The topological polar surface area (TPSA) is 425 Å². The van der Waals surface area contributed by atoms with Gasteiger partial charge in [0.2, 0.25) is 11.8 Å². The Bertz CT molecular complexity index is 3060. The predicted octanol–water partition coefficient (Wildman–Crippen LogP) is 6.10. The molecule has 7 heterocycles. The number of rotatable bonds is 25. The smallest absolute Gasteiger partial charge is 0.238 e. The number of anilines is 5. The van der Waals surface area contributed by atoms with Gasteiger partial charge in [0, 0.05) is 112 Å². The normalized spacial score (nSPS) is 13.5. The third kappa shape index (κ3) is 28.5. The van der Waals surface area contributed by atoms with Gasteiger partial charge in [0.05, 0.1) is 41.1 Å². The summed E-state index contributed by atoms with van der Waals surface area (Å²) >= 11 is 7.92. The summed E-state index contributed by atoms with van der Waals surface area (Å²) in [4.78, 5) is 108. The van der Waals surface area contributed by atoms with E-state index in [0.717, 1.165) is 57.9 Å². The van der Waals surface area contributed by atoms with Crippen molar-refractivity contribution in [3.8, 4) is 0 Å². The number of Topliss-reactive ketones (excluding diaryl/α,β-unsaturated/α-hetero) is 4. The lowest BCUT2D eigenvalue weighted by Crippen LogP contribution is -2.46. The SMILES string of the molecule is CC(=O)CNC(=O)C(N)CSCc1cnc(C)nc1N.CCC(SCc1cnc(C)nc1N)C(C)=O.CCC(SCc1cnc(C)nc1N)C(C)=O.Cc1ncc(CSCC2NC(=O)CCC2=O)c(N)n1.Nc1ncncc1CSCc1ccco1. The number of thioether (sulfide) groups is 5. The molecule has 30 heteroatoms. The zero-order chi connectivity index (χ0) is 63.7. The predicted molar refractivity (Wildman–Crippen MR) is 347 cm³/mol. The highest BCUT2D eigenvalue weighted by atomic mass is 32.2. The standard InChI is InChI=1S/C12H19N5O2S.C12H16N4O2S.2C11H17N3OS.C10H11N3OS/c1-7(18)3-16-12(19)10(13)6-20-5-9-4-15-8(2)17-11(9)14;1-7-14-4-8(12(13)15-7)5-19-6-9-10(17)2-3-11(18)16-9;2*1-4-10(7(2)15)16-6-9-5-13-8(3)14-11(9)12;11-10-8(4-12-7-13-10)5-15-6-9-2-1-3-14-9/h4,10H,3,5-6,13H2,1-2H3,(H,16,19)(H2,14,15,17);4,9H,2-3,5-6H2,1H3,(H,16,18)(H2,13,14,15);2*5,10H,4,6H2,1-3H3,(H2,12,13,14);1-4,7H,5-6H2,(H2,11,12,13). The third-order valence-corrected chi connectivity index (χ3v) is 18.1. The van der Waals surface area contributed by atoms with Gasteiger partial charge in [0.1, 0.15) is 81.8 Å². The fourth-order valence-electron chi connectivity index (χ4n) is 6.95. The highest BCUT2D eigenvalue weighted by molar-refractivity contribution is 8.00. The summed E-state index contributed by atoms with van der Waals surface area (Å²) in [7, 11) is 0. The Morgan fingerprint density at radius 3 is 1.49 bits per heavy atom. The fourth-order valence-corrected chi connectivity index (χ4v) is 12.0. The van der Waals surface area contributed by atoms with Gasteiger partial charge in [-0.1, -0.05) is 13.8 Å². The lowest BCUT2D eigenvalue weighted by Gasteiger charge is -2.21. The quantitative estimate of drug-likeness (QED) is 0.0321. The molecule has 2 amide bonds. The molecule has 25 nitrogen and oxygen atoms in total. The number of aryl methyl sites for hydroxylation is 4. The number of carbonyl (C=O) groups excluding carboxylic acids is 6. The summed E-state index contributed by atoms with van der Waals surface area (Å²) in [5.74, 6) is 11.3. The first-order chi connectivity index (χ1) is 40.9. The molecule has 0 spiro atoms. The second kappa shape index (κ2) is 39.7. The van der Waals surface area contributed by atoms with Crippen LogP contribution in [-0.2, 0) is 63.3 Å². The van der Waals surface area contributed by atoms with Crippen molar-refractivity contribution < 1.29 is 33.2 Å². The molecule has 0 bridgehead atoms. The fraction of sp³-hybridized carbons (Fsp3) is 0.464. The molecule has 6 aromatic heterocycles. The number of aromatic nitrogens is 10. The second-order valence-electron chi connectivity index (χ2n) is 19.1. The van der Waals surface area contributed by atoms with Crippen LogP contribution in [-0.4, -0.2) is 125 Å². The van der Waals surface area contributed by atoms with E-state index in [0.29, 0.717) is 99.7 Å². The number of carbonyl (C=O) groups is 6. The summed E-state index contributed by atoms with van der Waals surface area (Å²) in [6.45, 7) is 15.8. The minimum Gasteiger partial charge on any atom is -0.468 e. The molecule has 1 aliphatic rings. The van der Waals surface area contributed by atoms with Crippen molar-refractivity contribution in [2.45, 2.75) is 145 Å². The zero-order valence-electron chi connectivity index (χ0n) is 50.0. The molecule has 1 fully saturated rings. The molecule has 4 unspecified atom stereocenters. The number of nitrogens with two attached hydrogens (primary N) is 6. The van der Waals surface area contributed by atoms with Crippen molar-refractivity contribution >= 4 is 123 Å². The Labute approximate surface area is 523 Å². The first-order valence-electron chi connectivity index (χ1n) is 27.1. The second-order valence-corrected chi connectivity index (χ2v) is 24.5. The molecule has 1 saturated heterocycles. The Hall–Kier alpha value is -6.99. The molecule has 86 heavy (non-hydrogen) atoms. The molecule has 0 aliphatic carbocycles. The number of hydrogen-bond donors (Lipinski definition) is 8. The van der Waals surface area contributed by atoms with Gasteiger partial charge in [-0.05, 0) is 73.4 Å². The van der Waals surface area contributed by atoms with Crippen molar-refractivity contribution in [3.63, 3.8) is 0 Å². The molecule has 0 radical (unpaired) electrons. The third-order valence-electron chi connectivity index (χ3n) is 11.8. The van der Waals surface area contributed by atoms with E-state index >= 15 is 0 Å². The van der Waals surface area contributed by atoms with Crippen LogP contribution in [0.4, 0.5) is 29.1 Å². The first-order valence-corrected chi connectivity index (χ1v) is 32.7. The van der Waals surface area contributed by atoms with E-state index in [1.54, 1.807) is 126 Å². The van der Waals surface area contributed by atoms with E-state index in [4.69, 9.17) is 38.8 Å². The lowest BCUT2D eigenvalue weighted by molar-refractivity contribution is -0.132.